The Morgan fingerprint density at radius 3 is 2.62 bits per heavy atom. The first kappa shape index (κ1) is 20.9. The highest BCUT2D eigenvalue weighted by Gasteiger charge is 2.40. The number of fused-ring (bicyclic) bond motifs is 1. The fraction of sp³-hybridized carbons (Fsp3) is 0.550. The Bertz CT molecular complexity index is 943. The molecule has 2 aliphatic rings. The van der Waals surface area contributed by atoms with Gasteiger partial charge in [0.15, 0.2) is 0 Å². The molecule has 0 bridgehead atoms. The van der Waals surface area contributed by atoms with Crippen molar-refractivity contribution in [1.82, 2.24) is 4.98 Å². The van der Waals surface area contributed by atoms with Gasteiger partial charge in [-0.25, -0.2) is 0 Å². The second-order valence-electron chi connectivity index (χ2n) is 7.63. The van der Waals surface area contributed by atoms with Crippen LogP contribution >= 0.6 is 23.5 Å². The molecule has 3 heterocycles. The van der Waals surface area contributed by atoms with Gasteiger partial charge in [-0.2, -0.15) is 13.2 Å². The Balaban J connectivity index is 1.73. The smallest absolute Gasteiger partial charge is 0.389 e. The number of aliphatic hydroxyl groups is 1. The van der Waals surface area contributed by atoms with Crippen molar-refractivity contribution in [2.45, 2.75) is 55.1 Å². The molecule has 2 aromatic rings. The number of rotatable bonds is 3. The lowest BCUT2D eigenvalue weighted by atomic mass is 10.1. The van der Waals surface area contributed by atoms with Crippen molar-refractivity contribution in [2.75, 3.05) is 16.4 Å². The third kappa shape index (κ3) is 4.14. The zero-order chi connectivity index (χ0) is 20.8. The number of anilines is 1. The summed E-state index contributed by atoms with van der Waals surface area (Å²) in [6, 6.07) is 5.35. The first-order chi connectivity index (χ1) is 13.8. The van der Waals surface area contributed by atoms with E-state index >= 15 is 0 Å². The first-order valence-corrected chi connectivity index (χ1v) is 11.8. The number of nitrogens with one attached hydrogen (secondary N) is 1. The number of aromatic amines is 1. The van der Waals surface area contributed by atoms with Crippen LogP contribution in [0.15, 0.2) is 29.1 Å². The number of halogens is 3. The summed E-state index contributed by atoms with van der Waals surface area (Å²) in [5.74, 6) is 2.05. The number of aliphatic hydroxyl groups excluding tert-OH is 1. The Morgan fingerprint density at radius 1 is 1.21 bits per heavy atom. The number of pyridine rings is 1. The van der Waals surface area contributed by atoms with E-state index in [4.69, 9.17) is 0 Å². The van der Waals surface area contributed by atoms with Gasteiger partial charge in [-0.3, -0.25) is 4.79 Å². The minimum absolute atomic E-state index is 0.0247. The average molecular weight is 445 g/mol. The Morgan fingerprint density at radius 2 is 1.93 bits per heavy atom. The number of hydrogen-bond acceptors (Lipinski definition) is 5. The van der Waals surface area contributed by atoms with E-state index in [0.717, 1.165) is 30.8 Å². The maximum Gasteiger partial charge on any atom is 0.417 e. The molecule has 2 saturated heterocycles. The van der Waals surface area contributed by atoms with E-state index in [1.165, 1.54) is 12.1 Å². The summed E-state index contributed by atoms with van der Waals surface area (Å²) in [6.07, 6.45) is -2.36. The van der Waals surface area contributed by atoms with Crippen LogP contribution in [-0.4, -0.2) is 44.4 Å². The fourth-order valence-electron chi connectivity index (χ4n) is 4.32. The van der Waals surface area contributed by atoms with Crippen LogP contribution in [0.3, 0.4) is 0 Å². The average Bonchev–Trinajstić information content (AvgIpc) is 3.07. The van der Waals surface area contributed by atoms with Gasteiger partial charge in [-0.15, -0.1) is 23.5 Å². The molecule has 1 unspecified atom stereocenters. The highest BCUT2D eigenvalue weighted by Crippen LogP contribution is 2.41. The summed E-state index contributed by atoms with van der Waals surface area (Å²) in [4.78, 5) is 16.2. The molecule has 0 saturated carbocycles. The number of H-pyrrole nitrogens is 1. The molecular formula is C20H23F3N2O2S2. The van der Waals surface area contributed by atoms with Gasteiger partial charge in [0.2, 0.25) is 5.56 Å². The van der Waals surface area contributed by atoms with E-state index < -0.39 is 23.4 Å². The summed E-state index contributed by atoms with van der Waals surface area (Å²) in [7, 11) is 0. The molecule has 0 spiro atoms. The topological polar surface area (TPSA) is 56.3 Å². The van der Waals surface area contributed by atoms with Gasteiger partial charge in [-0.1, -0.05) is 0 Å². The van der Waals surface area contributed by atoms with E-state index in [0.29, 0.717) is 11.8 Å². The second-order valence-corrected chi connectivity index (χ2v) is 10.4. The highest BCUT2D eigenvalue weighted by atomic mass is 32.2. The fourth-order valence-corrected chi connectivity index (χ4v) is 7.31. The number of aromatic nitrogens is 1. The molecule has 4 rings (SSSR count). The van der Waals surface area contributed by atoms with Crippen LogP contribution in [0.1, 0.15) is 31.7 Å². The van der Waals surface area contributed by atoms with Gasteiger partial charge in [0, 0.05) is 28.7 Å². The summed E-state index contributed by atoms with van der Waals surface area (Å²) in [6.45, 7) is 2.04. The molecule has 2 fully saturated rings. The van der Waals surface area contributed by atoms with Crippen molar-refractivity contribution in [3.8, 4) is 0 Å². The van der Waals surface area contributed by atoms with Crippen molar-refractivity contribution >= 4 is 40.1 Å². The van der Waals surface area contributed by atoms with E-state index in [1.54, 1.807) is 29.6 Å². The number of thioether (sulfide) groups is 2. The third-order valence-electron chi connectivity index (χ3n) is 5.67. The molecule has 9 heteroatoms. The van der Waals surface area contributed by atoms with Crippen molar-refractivity contribution in [3.05, 3.63) is 40.2 Å². The van der Waals surface area contributed by atoms with Crippen LogP contribution in [0, 0.1) is 0 Å². The molecule has 0 aliphatic carbocycles. The van der Waals surface area contributed by atoms with Crippen molar-refractivity contribution in [1.29, 1.82) is 0 Å². The quantitative estimate of drug-likeness (QED) is 0.732. The molecule has 29 heavy (non-hydrogen) atoms. The van der Waals surface area contributed by atoms with Gasteiger partial charge >= 0.3 is 6.18 Å². The highest BCUT2D eigenvalue weighted by molar-refractivity contribution is 8.17. The predicted molar refractivity (Wildman–Crippen MR) is 114 cm³/mol. The van der Waals surface area contributed by atoms with E-state index in [-0.39, 0.29) is 27.6 Å². The number of alkyl halides is 3. The maximum atomic E-state index is 13.5. The van der Waals surface area contributed by atoms with Gasteiger partial charge in [0.05, 0.1) is 22.3 Å². The molecule has 158 valence electrons. The Labute approximate surface area is 175 Å². The minimum Gasteiger partial charge on any atom is -0.389 e. The number of benzene rings is 1. The van der Waals surface area contributed by atoms with Crippen LogP contribution in [0.25, 0.3) is 10.9 Å². The maximum absolute atomic E-state index is 13.5. The van der Waals surface area contributed by atoms with E-state index in [9.17, 15) is 23.1 Å². The normalized spacial score (nSPS) is 24.9. The summed E-state index contributed by atoms with van der Waals surface area (Å²) >= 11 is 3.53. The zero-order valence-corrected chi connectivity index (χ0v) is 17.5. The molecular weight excluding hydrogens is 421 g/mol. The number of hydrogen-bond donors (Lipinski definition) is 2. The van der Waals surface area contributed by atoms with E-state index in [2.05, 4.69) is 9.88 Å². The molecule has 1 aromatic heterocycles. The van der Waals surface area contributed by atoms with Crippen LogP contribution < -0.4 is 10.5 Å². The van der Waals surface area contributed by atoms with Gasteiger partial charge in [-0.05, 0) is 55.9 Å². The monoisotopic (exact) mass is 444 g/mol. The largest absolute Gasteiger partial charge is 0.417 e. The summed E-state index contributed by atoms with van der Waals surface area (Å²) in [5.41, 5.74) is -0.891. The first-order valence-electron chi connectivity index (χ1n) is 9.69. The van der Waals surface area contributed by atoms with Gasteiger partial charge in [0.25, 0.3) is 0 Å². The molecule has 1 aromatic carbocycles. The predicted octanol–water partition coefficient (Wildman–Crippen LogP) is 4.46. The summed E-state index contributed by atoms with van der Waals surface area (Å²) in [5, 5.41) is 11.0. The lowest BCUT2D eigenvalue weighted by Gasteiger charge is -2.37. The standard InChI is InChI=1S/C20H23F3N2O2S2/c1-11-3-6-16(18(27)19-28-7-2-8-29-19)25(11)12-4-5-15-13(9-12)14(20(21,22)23)10-17(26)24-15/h4-5,9-11,16,18-19,27H,2-3,6-8H2,1H3,(H,24,26)/t11?,16-,18-/m1/s1. The van der Waals surface area contributed by atoms with Crippen molar-refractivity contribution in [3.63, 3.8) is 0 Å². The molecule has 0 amide bonds. The minimum atomic E-state index is -4.62. The molecule has 2 aliphatic heterocycles. The van der Waals surface area contributed by atoms with Gasteiger partial charge < -0.3 is 15.0 Å². The second kappa shape index (κ2) is 8.07. The third-order valence-corrected chi connectivity index (χ3v) is 8.75. The zero-order valence-electron chi connectivity index (χ0n) is 15.9. The lowest BCUT2D eigenvalue weighted by molar-refractivity contribution is -0.136. The van der Waals surface area contributed by atoms with E-state index in [1.807, 2.05) is 6.92 Å². The van der Waals surface area contributed by atoms with Crippen LogP contribution in [0.4, 0.5) is 18.9 Å². The number of nitrogens with zero attached hydrogens (tertiary/aromatic N) is 1. The molecule has 4 nitrogen and oxygen atoms in total. The van der Waals surface area contributed by atoms with Crippen LogP contribution in [-0.2, 0) is 6.18 Å². The SMILES string of the molecule is CC1CC[C@H]([C@@H](O)C2SCCCS2)N1c1ccc2[nH]c(=O)cc(C(F)(F)F)c2c1. The lowest BCUT2D eigenvalue weighted by Crippen LogP contribution is -2.46. The summed E-state index contributed by atoms with van der Waals surface area (Å²) < 4.78 is 40.6. The van der Waals surface area contributed by atoms with Gasteiger partial charge in [0.1, 0.15) is 0 Å². The Kier molecular flexibility index (Phi) is 5.83. The van der Waals surface area contributed by atoms with Crippen LogP contribution in [0.5, 0.6) is 0 Å². The van der Waals surface area contributed by atoms with Crippen molar-refractivity contribution < 1.29 is 18.3 Å². The Hall–Kier alpha value is -1.32. The van der Waals surface area contributed by atoms with Crippen molar-refractivity contribution in [2.24, 2.45) is 0 Å². The molecule has 2 N–H and O–H groups in total. The molecule has 3 atom stereocenters. The molecule has 0 radical (unpaired) electrons. The van der Waals surface area contributed by atoms with Crippen LogP contribution in [0.2, 0.25) is 0 Å².